The molecule has 2 heterocycles. The molecule has 0 saturated heterocycles. The molecule has 4 aromatic rings. The van der Waals surface area contributed by atoms with Gasteiger partial charge in [0.2, 0.25) is 0 Å². The number of nitrogens with one attached hydrogen (secondary N) is 1. The van der Waals surface area contributed by atoms with Gasteiger partial charge in [-0.05, 0) is 24.3 Å². The summed E-state index contributed by atoms with van der Waals surface area (Å²) in [5.41, 5.74) is 3.72. The predicted molar refractivity (Wildman–Crippen MR) is 67.4 cm³/mol. The lowest BCUT2D eigenvalue weighted by atomic mass is 10.2. The van der Waals surface area contributed by atoms with E-state index in [1.165, 1.54) is 0 Å². The number of aromatic nitrogens is 5. The molecule has 0 bridgehead atoms. The number of rotatable bonds is 1. The zero-order valence-electron chi connectivity index (χ0n) is 9.33. The number of hydrogen-bond donors (Lipinski definition) is 1. The summed E-state index contributed by atoms with van der Waals surface area (Å²) in [6, 6.07) is 13.9. The van der Waals surface area contributed by atoms with Crippen molar-refractivity contribution in [2.24, 2.45) is 0 Å². The lowest BCUT2D eigenvalue weighted by Crippen LogP contribution is -1.95. The van der Waals surface area contributed by atoms with Crippen molar-refractivity contribution in [3.05, 3.63) is 48.7 Å². The predicted octanol–water partition coefficient (Wildman–Crippen LogP) is 2.10. The molecule has 0 spiro atoms. The first-order valence-electron chi connectivity index (χ1n) is 5.58. The fraction of sp³-hybridized carbons (Fsp3) is 0. The van der Waals surface area contributed by atoms with Crippen LogP contribution in [-0.2, 0) is 0 Å². The average Bonchev–Trinajstić information content (AvgIpc) is 3.04. The van der Waals surface area contributed by atoms with E-state index in [0.717, 1.165) is 27.6 Å². The number of benzene rings is 2. The van der Waals surface area contributed by atoms with Crippen LogP contribution in [0.5, 0.6) is 0 Å². The van der Waals surface area contributed by atoms with E-state index in [4.69, 9.17) is 0 Å². The monoisotopic (exact) mass is 234 g/mol. The third kappa shape index (κ3) is 1.24. The minimum atomic E-state index is 0.826. The van der Waals surface area contributed by atoms with Gasteiger partial charge in [0.25, 0.3) is 0 Å². The molecule has 85 valence electrons. The van der Waals surface area contributed by atoms with Crippen molar-refractivity contribution in [1.29, 1.82) is 0 Å². The second kappa shape index (κ2) is 3.40. The smallest absolute Gasteiger partial charge is 0.122 e. The number of hydrogen-bond acceptors (Lipinski definition) is 3. The molecule has 4 rings (SSSR count). The lowest BCUT2D eigenvalue weighted by molar-refractivity contribution is 0.907. The highest BCUT2D eigenvalue weighted by Gasteiger charge is 2.06. The Hall–Kier alpha value is -2.69. The third-order valence-electron chi connectivity index (χ3n) is 2.96. The van der Waals surface area contributed by atoms with Gasteiger partial charge in [-0.15, -0.1) is 5.10 Å². The van der Waals surface area contributed by atoms with Gasteiger partial charge in [-0.1, -0.05) is 23.4 Å². The van der Waals surface area contributed by atoms with Crippen molar-refractivity contribution >= 4 is 21.9 Å². The molecular weight excluding hydrogens is 226 g/mol. The van der Waals surface area contributed by atoms with E-state index < -0.39 is 0 Å². The normalized spacial score (nSPS) is 11.3. The zero-order chi connectivity index (χ0) is 11.9. The van der Waals surface area contributed by atoms with Gasteiger partial charge in [-0.25, -0.2) is 4.68 Å². The van der Waals surface area contributed by atoms with Crippen molar-refractivity contribution in [3.8, 4) is 5.69 Å². The quantitative estimate of drug-likeness (QED) is 0.548. The first-order chi connectivity index (χ1) is 8.92. The Morgan fingerprint density at radius 2 is 2.06 bits per heavy atom. The molecule has 1 N–H and O–H groups in total. The molecule has 2 aromatic heterocycles. The maximum absolute atomic E-state index is 4.29. The van der Waals surface area contributed by atoms with Crippen LogP contribution in [0.2, 0.25) is 0 Å². The van der Waals surface area contributed by atoms with E-state index in [0.29, 0.717) is 0 Å². The molecule has 0 aliphatic rings. The third-order valence-corrected chi connectivity index (χ3v) is 2.96. The van der Waals surface area contributed by atoms with Crippen LogP contribution in [0.15, 0.2) is 42.5 Å². The molecule has 0 aliphatic carbocycles. The lowest BCUT2D eigenvalue weighted by Gasteiger charge is -2.02. The van der Waals surface area contributed by atoms with Crippen LogP contribution in [-0.4, -0.2) is 25.2 Å². The highest BCUT2D eigenvalue weighted by molar-refractivity contribution is 5.81. The summed E-state index contributed by atoms with van der Waals surface area (Å²) in [7, 11) is 0. The molecule has 5 heteroatoms. The summed E-state index contributed by atoms with van der Waals surface area (Å²) in [6.45, 7) is 0. The first kappa shape index (κ1) is 9.35. The maximum atomic E-state index is 4.29. The van der Waals surface area contributed by atoms with Gasteiger partial charge >= 0.3 is 0 Å². The Balaban J connectivity index is 2.00. The van der Waals surface area contributed by atoms with Gasteiger partial charge in [0.15, 0.2) is 0 Å². The minimum Gasteiger partial charge on any atom is -0.258 e. The summed E-state index contributed by atoms with van der Waals surface area (Å²) in [5, 5.41) is 15.9. The van der Waals surface area contributed by atoms with Crippen molar-refractivity contribution in [3.63, 3.8) is 0 Å². The van der Waals surface area contributed by atoms with E-state index in [1.54, 1.807) is 0 Å². The SMILES string of the molecule is [c]1nn(-c2ccc3[nH]nnc3c2)c2ccccc12. The van der Waals surface area contributed by atoms with Crippen LogP contribution >= 0.6 is 0 Å². The van der Waals surface area contributed by atoms with E-state index in [9.17, 15) is 0 Å². The Morgan fingerprint density at radius 1 is 1.11 bits per heavy atom. The number of H-pyrrole nitrogens is 1. The zero-order valence-corrected chi connectivity index (χ0v) is 9.33. The fourth-order valence-corrected chi connectivity index (χ4v) is 2.07. The second-order valence-electron chi connectivity index (χ2n) is 4.05. The Morgan fingerprint density at radius 3 is 3.06 bits per heavy atom. The molecule has 0 atom stereocenters. The molecule has 0 fully saturated rings. The highest BCUT2D eigenvalue weighted by atomic mass is 15.3. The van der Waals surface area contributed by atoms with Gasteiger partial charge in [0.05, 0.1) is 16.7 Å². The molecule has 0 amide bonds. The van der Waals surface area contributed by atoms with Crippen LogP contribution < -0.4 is 0 Å². The maximum Gasteiger partial charge on any atom is 0.122 e. The Bertz CT molecular complexity index is 842. The molecule has 0 saturated carbocycles. The van der Waals surface area contributed by atoms with E-state index in [2.05, 4.69) is 26.7 Å². The van der Waals surface area contributed by atoms with Crippen molar-refractivity contribution in [2.75, 3.05) is 0 Å². The average molecular weight is 234 g/mol. The number of nitrogens with zero attached hydrogens (tertiary/aromatic N) is 4. The summed E-state index contributed by atoms with van der Waals surface area (Å²) < 4.78 is 1.85. The van der Waals surface area contributed by atoms with Gasteiger partial charge in [-0.3, -0.25) is 5.10 Å². The molecule has 18 heavy (non-hydrogen) atoms. The van der Waals surface area contributed by atoms with Gasteiger partial charge < -0.3 is 0 Å². The molecule has 2 aromatic carbocycles. The van der Waals surface area contributed by atoms with Crippen molar-refractivity contribution < 1.29 is 0 Å². The Labute approximate surface area is 102 Å². The summed E-state index contributed by atoms with van der Waals surface area (Å²) >= 11 is 0. The standard InChI is InChI=1S/C13H8N5/c1-2-4-13-9(3-1)8-14-18(13)10-5-6-11-12(7-10)16-17-15-11/h1-7H,(H,15,16,17). The van der Waals surface area contributed by atoms with Gasteiger partial charge in [-0.2, -0.15) is 5.10 Å². The number of fused-ring (bicyclic) bond motifs is 2. The minimum absolute atomic E-state index is 0.826. The molecule has 0 unspecified atom stereocenters. The van der Waals surface area contributed by atoms with Crippen LogP contribution in [0.4, 0.5) is 0 Å². The van der Waals surface area contributed by atoms with E-state index >= 15 is 0 Å². The summed E-state index contributed by atoms with van der Waals surface area (Å²) in [4.78, 5) is 0. The van der Waals surface area contributed by atoms with Gasteiger partial charge in [0, 0.05) is 5.39 Å². The summed E-state index contributed by atoms with van der Waals surface area (Å²) in [6.07, 6.45) is 3.00. The van der Waals surface area contributed by atoms with Crippen molar-refractivity contribution in [2.45, 2.75) is 0 Å². The summed E-state index contributed by atoms with van der Waals surface area (Å²) in [5.74, 6) is 0. The molecule has 0 aliphatic heterocycles. The van der Waals surface area contributed by atoms with E-state index in [1.807, 2.05) is 47.1 Å². The second-order valence-corrected chi connectivity index (χ2v) is 4.05. The molecule has 5 nitrogen and oxygen atoms in total. The van der Waals surface area contributed by atoms with Crippen molar-refractivity contribution in [1.82, 2.24) is 25.2 Å². The fourth-order valence-electron chi connectivity index (χ4n) is 2.07. The molecule has 1 radical (unpaired) electrons. The number of aromatic amines is 1. The van der Waals surface area contributed by atoms with Crippen LogP contribution in [0.3, 0.4) is 0 Å². The highest BCUT2D eigenvalue weighted by Crippen LogP contribution is 2.19. The van der Waals surface area contributed by atoms with E-state index in [-0.39, 0.29) is 0 Å². The van der Waals surface area contributed by atoms with Gasteiger partial charge in [0.1, 0.15) is 11.7 Å². The number of para-hydroxylation sites is 1. The first-order valence-corrected chi connectivity index (χ1v) is 5.58. The van der Waals surface area contributed by atoms with Crippen LogP contribution in [0, 0.1) is 6.20 Å². The topological polar surface area (TPSA) is 59.4 Å². The largest absolute Gasteiger partial charge is 0.258 e. The van der Waals surface area contributed by atoms with Crippen LogP contribution in [0.1, 0.15) is 0 Å². The Kier molecular flexibility index (Phi) is 1.77. The van der Waals surface area contributed by atoms with Crippen LogP contribution in [0.25, 0.3) is 27.6 Å². The molecular formula is C13H8N5.